The summed E-state index contributed by atoms with van der Waals surface area (Å²) < 4.78 is 11.0. The molecule has 0 radical (unpaired) electrons. The highest BCUT2D eigenvalue weighted by Gasteiger charge is 2.34. The molecule has 2 aromatic rings. The van der Waals surface area contributed by atoms with Gasteiger partial charge < -0.3 is 30.3 Å². The highest BCUT2D eigenvalue weighted by Crippen LogP contribution is 2.19. The van der Waals surface area contributed by atoms with E-state index >= 15 is 0 Å². The van der Waals surface area contributed by atoms with Crippen molar-refractivity contribution in [3.05, 3.63) is 47.7 Å². The van der Waals surface area contributed by atoms with Crippen LogP contribution in [0.2, 0.25) is 0 Å². The van der Waals surface area contributed by atoms with Crippen LogP contribution in [0.25, 0.3) is 0 Å². The van der Waals surface area contributed by atoms with E-state index in [0.717, 1.165) is 16.9 Å². The maximum Gasteiger partial charge on any atom is 0.410 e. The Bertz CT molecular complexity index is 1020. The first-order valence-corrected chi connectivity index (χ1v) is 13.2. The van der Waals surface area contributed by atoms with Gasteiger partial charge in [0.15, 0.2) is 5.16 Å². The van der Waals surface area contributed by atoms with Gasteiger partial charge in [0.2, 0.25) is 0 Å². The fourth-order valence-corrected chi connectivity index (χ4v) is 4.19. The van der Waals surface area contributed by atoms with Gasteiger partial charge in [-0.3, -0.25) is 0 Å². The van der Waals surface area contributed by atoms with Gasteiger partial charge in [0, 0.05) is 44.5 Å². The van der Waals surface area contributed by atoms with Crippen molar-refractivity contribution in [3.8, 4) is 0 Å². The Labute approximate surface area is 216 Å². The van der Waals surface area contributed by atoms with E-state index in [-0.39, 0.29) is 18.7 Å². The predicted molar refractivity (Wildman–Crippen MR) is 140 cm³/mol. The number of piperidine rings is 1. The van der Waals surface area contributed by atoms with Gasteiger partial charge in [0.25, 0.3) is 0 Å². The van der Waals surface area contributed by atoms with Gasteiger partial charge in [-0.1, -0.05) is 42.1 Å². The van der Waals surface area contributed by atoms with Gasteiger partial charge in [-0.05, 0) is 39.0 Å². The number of nitrogens with one attached hydrogen (secondary N) is 3. The normalized spacial score (nSPS) is 17.9. The van der Waals surface area contributed by atoms with E-state index in [1.807, 2.05) is 64.4 Å². The van der Waals surface area contributed by atoms with Crippen molar-refractivity contribution in [3.63, 3.8) is 0 Å². The number of amides is 2. The monoisotopic (exact) mass is 516 g/mol. The van der Waals surface area contributed by atoms with E-state index in [9.17, 15) is 9.59 Å². The third-order valence-corrected chi connectivity index (χ3v) is 6.16. The molecule has 3 N–H and O–H groups in total. The SMILES string of the molecule is CNc1nc(SC)ncc1CNC1CCN(C(=O)OCc2ccccc2)CC1NC(=O)OC(C)(C)C. The lowest BCUT2D eigenvalue weighted by molar-refractivity contribution is 0.0419. The van der Waals surface area contributed by atoms with Crippen LogP contribution in [0.1, 0.15) is 38.3 Å². The number of benzene rings is 1. The summed E-state index contributed by atoms with van der Waals surface area (Å²) in [5.74, 6) is 0.750. The molecule has 2 heterocycles. The molecule has 2 atom stereocenters. The standard InChI is InChI=1S/C25H36N6O4S/c1-25(2,3)35-23(32)29-20-15-31(24(33)34-16-17-9-7-6-8-10-17)12-11-19(20)27-13-18-14-28-22(36-5)30-21(18)26-4/h6-10,14,19-20,27H,11-13,15-16H2,1-5H3,(H,29,32)(H,26,28,30). The lowest BCUT2D eigenvalue weighted by Crippen LogP contribution is -2.60. The van der Waals surface area contributed by atoms with Gasteiger partial charge >= 0.3 is 12.2 Å². The largest absolute Gasteiger partial charge is 0.445 e. The maximum absolute atomic E-state index is 12.8. The molecule has 0 saturated carbocycles. The first-order chi connectivity index (χ1) is 17.2. The molecule has 196 valence electrons. The number of carbonyl (C=O) groups is 2. The van der Waals surface area contributed by atoms with Gasteiger partial charge in [0.05, 0.1) is 6.04 Å². The molecule has 1 saturated heterocycles. The Hall–Kier alpha value is -3.05. The van der Waals surface area contributed by atoms with Crippen molar-refractivity contribution in [1.82, 2.24) is 25.5 Å². The molecule has 10 nitrogen and oxygen atoms in total. The number of carbonyl (C=O) groups excluding carboxylic acids is 2. The fraction of sp³-hybridized carbons (Fsp3) is 0.520. The van der Waals surface area contributed by atoms with Crippen LogP contribution >= 0.6 is 11.8 Å². The van der Waals surface area contributed by atoms with Crippen LogP contribution in [0.5, 0.6) is 0 Å². The second-order valence-electron chi connectivity index (χ2n) is 9.50. The van der Waals surface area contributed by atoms with E-state index in [1.165, 1.54) is 11.8 Å². The van der Waals surface area contributed by atoms with Gasteiger partial charge in [-0.25, -0.2) is 19.6 Å². The maximum atomic E-state index is 12.8. The number of aromatic nitrogens is 2. The molecule has 1 aliphatic heterocycles. The van der Waals surface area contributed by atoms with E-state index in [0.29, 0.717) is 31.2 Å². The molecule has 1 aromatic carbocycles. The molecule has 2 unspecified atom stereocenters. The van der Waals surface area contributed by atoms with Crippen molar-refractivity contribution < 1.29 is 19.1 Å². The zero-order valence-corrected chi connectivity index (χ0v) is 22.4. The summed E-state index contributed by atoms with van der Waals surface area (Å²) in [5.41, 5.74) is 1.20. The number of thioether (sulfide) groups is 1. The zero-order chi connectivity index (χ0) is 26.1. The Morgan fingerprint density at radius 2 is 1.94 bits per heavy atom. The van der Waals surface area contributed by atoms with Crippen LogP contribution in [0.15, 0.2) is 41.7 Å². The summed E-state index contributed by atoms with van der Waals surface area (Å²) in [7, 11) is 1.82. The van der Waals surface area contributed by atoms with Gasteiger partial charge in [-0.15, -0.1) is 0 Å². The number of likely N-dealkylation sites (tertiary alicyclic amines) is 1. The van der Waals surface area contributed by atoms with Crippen LogP contribution in [-0.2, 0) is 22.6 Å². The quantitative estimate of drug-likeness (QED) is 0.357. The Balaban J connectivity index is 1.66. The molecule has 0 bridgehead atoms. The first kappa shape index (κ1) is 27.5. The summed E-state index contributed by atoms with van der Waals surface area (Å²) in [5, 5.41) is 10.3. The molecule has 1 fully saturated rings. The number of hydrogen-bond acceptors (Lipinski definition) is 9. The minimum absolute atomic E-state index is 0.0966. The summed E-state index contributed by atoms with van der Waals surface area (Å²) in [6, 6.07) is 9.07. The molecule has 11 heteroatoms. The number of alkyl carbamates (subject to hydrolysis) is 1. The topological polar surface area (TPSA) is 118 Å². The predicted octanol–water partition coefficient (Wildman–Crippen LogP) is 3.63. The average molecular weight is 517 g/mol. The van der Waals surface area contributed by atoms with Crippen LogP contribution in [-0.4, -0.2) is 71.1 Å². The van der Waals surface area contributed by atoms with Gasteiger partial charge in [0.1, 0.15) is 18.0 Å². The average Bonchev–Trinajstić information content (AvgIpc) is 2.85. The van der Waals surface area contributed by atoms with Gasteiger partial charge in [-0.2, -0.15) is 0 Å². The van der Waals surface area contributed by atoms with Crippen molar-refractivity contribution in [2.24, 2.45) is 0 Å². The highest BCUT2D eigenvalue weighted by atomic mass is 32.2. The van der Waals surface area contributed by atoms with Crippen LogP contribution < -0.4 is 16.0 Å². The molecular weight excluding hydrogens is 480 g/mol. The molecule has 3 rings (SSSR count). The molecule has 36 heavy (non-hydrogen) atoms. The summed E-state index contributed by atoms with van der Waals surface area (Å²) >= 11 is 1.48. The molecule has 1 aromatic heterocycles. The Morgan fingerprint density at radius 3 is 2.61 bits per heavy atom. The minimum Gasteiger partial charge on any atom is -0.445 e. The molecule has 0 spiro atoms. The number of anilines is 1. The van der Waals surface area contributed by atoms with E-state index in [4.69, 9.17) is 9.47 Å². The van der Waals surface area contributed by atoms with Crippen molar-refractivity contribution in [2.45, 2.75) is 63.2 Å². The van der Waals surface area contributed by atoms with Crippen LogP contribution in [0.3, 0.4) is 0 Å². The lowest BCUT2D eigenvalue weighted by Gasteiger charge is -2.39. The molecule has 2 amide bonds. The summed E-state index contributed by atoms with van der Waals surface area (Å²) in [4.78, 5) is 35.8. The van der Waals surface area contributed by atoms with Crippen LogP contribution in [0.4, 0.5) is 15.4 Å². The second kappa shape index (κ2) is 12.8. The molecule has 1 aliphatic rings. The smallest absolute Gasteiger partial charge is 0.410 e. The molecule has 0 aliphatic carbocycles. The fourth-order valence-electron chi connectivity index (χ4n) is 3.85. The van der Waals surface area contributed by atoms with E-state index in [2.05, 4.69) is 25.9 Å². The Kier molecular flexibility index (Phi) is 9.77. The van der Waals surface area contributed by atoms with Crippen LogP contribution in [0, 0.1) is 0 Å². The number of nitrogens with zero attached hydrogens (tertiary/aromatic N) is 3. The van der Waals surface area contributed by atoms with E-state index < -0.39 is 17.8 Å². The summed E-state index contributed by atoms with van der Waals surface area (Å²) in [6.45, 7) is 6.93. The van der Waals surface area contributed by atoms with Crippen molar-refractivity contribution in [1.29, 1.82) is 0 Å². The third kappa shape index (κ3) is 8.27. The van der Waals surface area contributed by atoms with Crippen molar-refractivity contribution in [2.75, 3.05) is 31.7 Å². The first-order valence-electron chi connectivity index (χ1n) is 11.9. The summed E-state index contributed by atoms with van der Waals surface area (Å²) in [6.07, 6.45) is 3.41. The zero-order valence-electron chi connectivity index (χ0n) is 21.5. The second-order valence-corrected chi connectivity index (χ2v) is 10.3. The minimum atomic E-state index is -0.631. The number of hydrogen-bond donors (Lipinski definition) is 3. The highest BCUT2D eigenvalue weighted by molar-refractivity contribution is 7.98. The lowest BCUT2D eigenvalue weighted by atomic mass is 9.99. The number of ether oxygens (including phenoxy) is 2. The third-order valence-electron chi connectivity index (χ3n) is 5.59. The molecular formula is C25H36N6O4S. The van der Waals surface area contributed by atoms with Crippen molar-refractivity contribution >= 4 is 29.8 Å². The number of rotatable bonds is 8. The Morgan fingerprint density at radius 1 is 1.19 bits per heavy atom. The van der Waals surface area contributed by atoms with E-state index in [1.54, 1.807) is 11.1 Å².